The number of nitrogens with zero attached hydrogens (tertiary/aromatic N) is 1. The van der Waals surface area contributed by atoms with Gasteiger partial charge in [0.2, 0.25) is 0 Å². The number of anilines is 1. The zero-order valence-electron chi connectivity index (χ0n) is 12.0. The van der Waals surface area contributed by atoms with Gasteiger partial charge in [-0.25, -0.2) is 4.98 Å². The quantitative estimate of drug-likeness (QED) is 0.791. The molecule has 0 aliphatic heterocycles. The number of hydrogen-bond acceptors (Lipinski definition) is 3. The summed E-state index contributed by atoms with van der Waals surface area (Å²) >= 11 is 18.4. The lowest BCUT2D eigenvalue weighted by molar-refractivity contribution is 0.0958. The van der Waals surface area contributed by atoms with Crippen molar-refractivity contribution >= 4 is 46.5 Å². The molecule has 1 heterocycles. The maximum atomic E-state index is 11.7. The maximum Gasteiger partial charge on any atom is 0.269 e. The second kappa shape index (κ2) is 7.18. The number of benzene rings is 1. The number of aromatic nitrogens is 1. The molecular formula is C15H14Cl3N3O. The van der Waals surface area contributed by atoms with Crippen LogP contribution in [0, 0.1) is 0 Å². The molecule has 1 amide bonds. The van der Waals surface area contributed by atoms with Crippen LogP contribution in [-0.2, 0) is 0 Å². The Morgan fingerprint density at radius 2 is 1.91 bits per heavy atom. The van der Waals surface area contributed by atoms with Gasteiger partial charge in [0.25, 0.3) is 5.91 Å². The second-order valence-electron chi connectivity index (χ2n) is 4.45. The Balaban J connectivity index is 2.62. The van der Waals surface area contributed by atoms with Gasteiger partial charge in [0.1, 0.15) is 11.5 Å². The molecule has 0 radical (unpaired) electrons. The summed E-state index contributed by atoms with van der Waals surface area (Å²) in [6.45, 7) is 2.58. The van der Waals surface area contributed by atoms with E-state index in [1.165, 1.54) is 0 Å². The van der Waals surface area contributed by atoms with E-state index in [1.54, 1.807) is 31.3 Å². The number of amides is 1. The lowest BCUT2D eigenvalue weighted by Crippen LogP contribution is -2.20. The molecule has 1 aromatic heterocycles. The van der Waals surface area contributed by atoms with E-state index in [1.807, 2.05) is 6.92 Å². The van der Waals surface area contributed by atoms with E-state index < -0.39 is 0 Å². The molecule has 2 N–H and O–H groups in total. The Hall–Kier alpha value is -1.49. The average molecular weight is 359 g/mol. The highest BCUT2D eigenvalue weighted by Gasteiger charge is 2.16. The predicted molar refractivity (Wildman–Crippen MR) is 92.3 cm³/mol. The van der Waals surface area contributed by atoms with E-state index in [4.69, 9.17) is 34.8 Å². The largest absolute Gasteiger partial charge is 0.370 e. The summed E-state index contributed by atoms with van der Waals surface area (Å²) in [7, 11) is 1.55. The van der Waals surface area contributed by atoms with Gasteiger partial charge in [-0.2, -0.15) is 0 Å². The third kappa shape index (κ3) is 3.46. The number of carbonyl (C=O) groups is 1. The van der Waals surface area contributed by atoms with Gasteiger partial charge >= 0.3 is 0 Å². The van der Waals surface area contributed by atoms with Crippen LogP contribution in [0.1, 0.15) is 17.4 Å². The molecule has 116 valence electrons. The zero-order valence-corrected chi connectivity index (χ0v) is 14.3. The first-order valence-corrected chi connectivity index (χ1v) is 7.73. The first-order chi connectivity index (χ1) is 10.5. The van der Waals surface area contributed by atoms with Gasteiger partial charge in [0.15, 0.2) is 0 Å². The molecule has 0 saturated heterocycles. The van der Waals surface area contributed by atoms with Crippen LogP contribution in [0.25, 0.3) is 11.1 Å². The van der Waals surface area contributed by atoms with Gasteiger partial charge in [-0.05, 0) is 31.2 Å². The summed E-state index contributed by atoms with van der Waals surface area (Å²) in [5.74, 6) is 0.282. The minimum Gasteiger partial charge on any atom is -0.370 e. The first-order valence-electron chi connectivity index (χ1n) is 6.59. The molecule has 22 heavy (non-hydrogen) atoms. The van der Waals surface area contributed by atoms with E-state index in [2.05, 4.69) is 15.6 Å². The SMILES string of the molecule is CCNc1nc(C(=O)NC)ccc1-c1cc(Cl)cc(Cl)c1Cl. The number of hydrogen-bond donors (Lipinski definition) is 2. The summed E-state index contributed by atoms with van der Waals surface area (Å²) in [6.07, 6.45) is 0. The molecular weight excluding hydrogens is 345 g/mol. The predicted octanol–water partition coefficient (Wildman–Crippen LogP) is 4.50. The topological polar surface area (TPSA) is 54.0 Å². The standard InChI is InChI=1S/C15H14Cl3N3O/c1-3-20-14-9(4-5-12(21-14)15(22)19-2)10-6-8(16)7-11(17)13(10)18/h4-7H,3H2,1-2H3,(H,19,22)(H,20,21). The summed E-state index contributed by atoms with van der Waals surface area (Å²) in [6, 6.07) is 6.69. The molecule has 1 aromatic carbocycles. The summed E-state index contributed by atoms with van der Waals surface area (Å²) in [5.41, 5.74) is 1.70. The number of nitrogens with one attached hydrogen (secondary N) is 2. The van der Waals surface area contributed by atoms with Gasteiger partial charge in [-0.3, -0.25) is 4.79 Å². The van der Waals surface area contributed by atoms with Crippen molar-refractivity contribution < 1.29 is 4.79 Å². The fourth-order valence-corrected chi connectivity index (χ4v) is 2.69. The Morgan fingerprint density at radius 3 is 2.55 bits per heavy atom. The van der Waals surface area contributed by atoms with E-state index >= 15 is 0 Å². The van der Waals surface area contributed by atoms with Crippen LogP contribution in [0.4, 0.5) is 5.82 Å². The van der Waals surface area contributed by atoms with E-state index in [0.29, 0.717) is 38.7 Å². The van der Waals surface area contributed by atoms with Gasteiger partial charge in [0.05, 0.1) is 10.0 Å². The fourth-order valence-electron chi connectivity index (χ4n) is 1.99. The van der Waals surface area contributed by atoms with Gasteiger partial charge in [-0.1, -0.05) is 34.8 Å². The van der Waals surface area contributed by atoms with Crippen LogP contribution < -0.4 is 10.6 Å². The van der Waals surface area contributed by atoms with Crippen LogP contribution in [0.3, 0.4) is 0 Å². The van der Waals surface area contributed by atoms with E-state index in [0.717, 1.165) is 5.56 Å². The smallest absolute Gasteiger partial charge is 0.269 e. The third-order valence-electron chi connectivity index (χ3n) is 2.98. The molecule has 0 saturated carbocycles. The Bertz CT molecular complexity index is 719. The van der Waals surface area contributed by atoms with Crippen molar-refractivity contribution in [2.45, 2.75) is 6.92 Å². The van der Waals surface area contributed by atoms with Crippen molar-refractivity contribution in [1.82, 2.24) is 10.3 Å². The lowest BCUT2D eigenvalue weighted by Gasteiger charge is -2.14. The third-order valence-corrected chi connectivity index (χ3v) is 4.00. The van der Waals surface area contributed by atoms with Crippen LogP contribution in [0.15, 0.2) is 24.3 Å². The molecule has 7 heteroatoms. The molecule has 0 aliphatic carbocycles. The molecule has 0 atom stereocenters. The van der Waals surface area contributed by atoms with E-state index in [-0.39, 0.29) is 5.91 Å². The molecule has 0 aliphatic rings. The molecule has 0 fully saturated rings. The average Bonchev–Trinajstić information content (AvgIpc) is 2.50. The Kier molecular flexibility index (Phi) is 5.51. The summed E-state index contributed by atoms with van der Waals surface area (Å²) < 4.78 is 0. The van der Waals surface area contributed by atoms with Gasteiger partial charge in [0, 0.05) is 29.7 Å². The molecule has 2 rings (SSSR count). The van der Waals surface area contributed by atoms with Crippen molar-refractivity contribution in [2.75, 3.05) is 18.9 Å². The minimum atomic E-state index is -0.263. The first kappa shape index (κ1) is 16.9. The van der Waals surface area contributed by atoms with Gasteiger partial charge < -0.3 is 10.6 Å². The Morgan fingerprint density at radius 1 is 1.18 bits per heavy atom. The van der Waals surface area contributed by atoms with Crippen molar-refractivity contribution in [3.63, 3.8) is 0 Å². The van der Waals surface area contributed by atoms with Crippen molar-refractivity contribution in [3.8, 4) is 11.1 Å². The highest BCUT2D eigenvalue weighted by Crippen LogP contribution is 2.39. The molecule has 4 nitrogen and oxygen atoms in total. The van der Waals surface area contributed by atoms with Crippen LogP contribution in [0.5, 0.6) is 0 Å². The number of pyridine rings is 1. The number of halogens is 3. The normalized spacial score (nSPS) is 10.4. The lowest BCUT2D eigenvalue weighted by atomic mass is 10.1. The molecule has 0 bridgehead atoms. The van der Waals surface area contributed by atoms with Crippen molar-refractivity contribution in [3.05, 3.63) is 45.0 Å². The zero-order chi connectivity index (χ0) is 16.3. The number of rotatable bonds is 4. The number of carbonyl (C=O) groups excluding carboxylic acids is 1. The van der Waals surface area contributed by atoms with Gasteiger partial charge in [-0.15, -0.1) is 0 Å². The molecule has 0 unspecified atom stereocenters. The molecule has 2 aromatic rings. The second-order valence-corrected chi connectivity index (χ2v) is 5.67. The fraction of sp³-hybridized carbons (Fsp3) is 0.200. The summed E-state index contributed by atoms with van der Waals surface area (Å²) in [5, 5.41) is 6.89. The van der Waals surface area contributed by atoms with Crippen molar-refractivity contribution in [2.24, 2.45) is 0 Å². The van der Waals surface area contributed by atoms with Crippen LogP contribution in [0.2, 0.25) is 15.1 Å². The van der Waals surface area contributed by atoms with Crippen LogP contribution in [-0.4, -0.2) is 24.5 Å². The van der Waals surface area contributed by atoms with Crippen molar-refractivity contribution in [1.29, 1.82) is 0 Å². The maximum absolute atomic E-state index is 11.7. The van der Waals surface area contributed by atoms with E-state index in [9.17, 15) is 4.79 Å². The molecule has 0 spiro atoms. The summed E-state index contributed by atoms with van der Waals surface area (Å²) in [4.78, 5) is 16.1. The highest BCUT2D eigenvalue weighted by molar-refractivity contribution is 6.45. The monoisotopic (exact) mass is 357 g/mol. The highest BCUT2D eigenvalue weighted by atomic mass is 35.5. The Labute approximate surface area is 143 Å². The minimum absolute atomic E-state index is 0.263. The van der Waals surface area contributed by atoms with Crippen LogP contribution >= 0.6 is 34.8 Å².